The van der Waals surface area contributed by atoms with Crippen molar-refractivity contribution in [2.45, 2.75) is 46.7 Å². The number of ether oxygens (including phenoxy) is 2. The number of aromatic nitrogens is 3. The Bertz CT molecular complexity index is 1030. The molecular formula is C23H34N6O3. The van der Waals surface area contributed by atoms with Gasteiger partial charge in [0.2, 0.25) is 0 Å². The summed E-state index contributed by atoms with van der Waals surface area (Å²) in [5, 5.41) is 16.1. The van der Waals surface area contributed by atoms with Crippen LogP contribution in [0.3, 0.4) is 0 Å². The van der Waals surface area contributed by atoms with E-state index < -0.39 is 0 Å². The van der Waals surface area contributed by atoms with Crippen molar-refractivity contribution in [3.05, 3.63) is 41.7 Å². The summed E-state index contributed by atoms with van der Waals surface area (Å²) in [5.41, 5.74) is 0.760. The first-order valence-electron chi connectivity index (χ1n) is 11.2. The van der Waals surface area contributed by atoms with Crippen LogP contribution in [0.15, 0.2) is 33.7 Å². The highest BCUT2D eigenvalue weighted by Crippen LogP contribution is 2.31. The number of aliphatic imine (C=N–C) groups is 1. The molecule has 9 nitrogen and oxygen atoms in total. The number of hydrogen-bond donors (Lipinski definition) is 2. The number of guanidine groups is 1. The van der Waals surface area contributed by atoms with Gasteiger partial charge < -0.3 is 29.1 Å². The van der Waals surface area contributed by atoms with Crippen LogP contribution in [0.4, 0.5) is 0 Å². The number of aryl methyl sites for hydroxylation is 1. The van der Waals surface area contributed by atoms with E-state index >= 15 is 0 Å². The van der Waals surface area contributed by atoms with Gasteiger partial charge in [-0.3, -0.25) is 0 Å². The van der Waals surface area contributed by atoms with E-state index in [-0.39, 0.29) is 6.04 Å². The van der Waals surface area contributed by atoms with Crippen molar-refractivity contribution in [3.8, 4) is 5.75 Å². The van der Waals surface area contributed by atoms with Crippen molar-refractivity contribution in [2.75, 3.05) is 26.4 Å². The molecule has 0 saturated heterocycles. The smallest absolute Gasteiger partial charge is 0.192 e. The Morgan fingerprint density at radius 3 is 2.81 bits per heavy atom. The highest BCUT2D eigenvalue weighted by Gasteiger charge is 2.16. The molecule has 9 heteroatoms. The average Bonchev–Trinajstić information content (AvgIpc) is 3.36. The summed E-state index contributed by atoms with van der Waals surface area (Å²) in [6.45, 7) is 11.1. The van der Waals surface area contributed by atoms with Crippen LogP contribution >= 0.6 is 0 Å². The average molecular weight is 443 g/mol. The largest absolute Gasteiger partial charge is 0.490 e. The summed E-state index contributed by atoms with van der Waals surface area (Å²) in [6, 6.07) is 7.85. The Hall–Kier alpha value is -3.07. The molecule has 32 heavy (non-hydrogen) atoms. The third-order valence-electron chi connectivity index (χ3n) is 5.13. The van der Waals surface area contributed by atoms with Crippen LogP contribution in [-0.2, 0) is 18.3 Å². The lowest BCUT2D eigenvalue weighted by Crippen LogP contribution is -2.39. The van der Waals surface area contributed by atoms with Gasteiger partial charge in [0.05, 0.1) is 12.6 Å². The van der Waals surface area contributed by atoms with Crippen LogP contribution in [0.1, 0.15) is 50.6 Å². The van der Waals surface area contributed by atoms with E-state index in [9.17, 15) is 0 Å². The Balaban J connectivity index is 1.73. The number of furan rings is 1. The zero-order chi connectivity index (χ0) is 22.9. The minimum Gasteiger partial charge on any atom is -0.490 e. The molecule has 0 aliphatic carbocycles. The van der Waals surface area contributed by atoms with Crippen LogP contribution in [-0.4, -0.2) is 47.1 Å². The first-order chi connectivity index (χ1) is 15.5. The van der Waals surface area contributed by atoms with Crippen molar-refractivity contribution < 1.29 is 13.9 Å². The topological polar surface area (TPSA) is 98.7 Å². The molecular weight excluding hydrogens is 408 g/mol. The van der Waals surface area contributed by atoms with E-state index in [1.54, 1.807) is 0 Å². The minimum atomic E-state index is -0.101. The molecule has 0 amide bonds. The SMILES string of the molecule is CCOCCCNC(=NCc1nnc(C)n1C)NC(C)c1cc2cccc(OCC)c2o1. The van der Waals surface area contributed by atoms with Crippen molar-refractivity contribution in [2.24, 2.45) is 12.0 Å². The molecule has 174 valence electrons. The zero-order valence-corrected chi connectivity index (χ0v) is 19.6. The van der Waals surface area contributed by atoms with Gasteiger partial charge in [-0.05, 0) is 46.2 Å². The van der Waals surface area contributed by atoms with Gasteiger partial charge in [-0.1, -0.05) is 12.1 Å². The molecule has 1 atom stereocenters. The van der Waals surface area contributed by atoms with Crippen molar-refractivity contribution in [1.82, 2.24) is 25.4 Å². The molecule has 0 spiro atoms. The van der Waals surface area contributed by atoms with Crippen LogP contribution in [0.25, 0.3) is 11.0 Å². The van der Waals surface area contributed by atoms with Gasteiger partial charge in [0, 0.05) is 32.2 Å². The molecule has 0 aliphatic rings. The van der Waals surface area contributed by atoms with E-state index in [0.717, 1.165) is 53.7 Å². The molecule has 2 heterocycles. The molecule has 3 rings (SSSR count). The lowest BCUT2D eigenvalue weighted by Gasteiger charge is -2.17. The third kappa shape index (κ3) is 6.00. The molecule has 1 unspecified atom stereocenters. The van der Waals surface area contributed by atoms with E-state index in [1.165, 1.54) is 0 Å². The number of rotatable bonds is 11. The number of nitrogens with one attached hydrogen (secondary N) is 2. The molecule has 0 bridgehead atoms. The molecule has 1 aromatic carbocycles. The summed E-state index contributed by atoms with van der Waals surface area (Å²) in [7, 11) is 1.94. The van der Waals surface area contributed by atoms with Crippen LogP contribution in [0, 0.1) is 6.92 Å². The van der Waals surface area contributed by atoms with Gasteiger partial charge >= 0.3 is 0 Å². The number of benzene rings is 1. The minimum absolute atomic E-state index is 0.101. The van der Waals surface area contributed by atoms with E-state index in [2.05, 4.69) is 20.8 Å². The summed E-state index contributed by atoms with van der Waals surface area (Å²) in [5.74, 6) is 3.90. The summed E-state index contributed by atoms with van der Waals surface area (Å²) >= 11 is 0. The van der Waals surface area contributed by atoms with Gasteiger partial charge in [-0.2, -0.15) is 0 Å². The molecule has 2 N–H and O–H groups in total. The fraction of sp³-hybridized carbons (Fsp3) is 0.522. The standard InChI is InChI=1S/C23H34N6O3/c1-6-30-13-9-12-24-23(25-15-21-28-27-17(4)29(21)5)26-16(3)20-14-18-10-8-11-19(31-7-2)22(18)32-20/h8,10-11,14,16H,6-7,9,12-13,15H2,1-5H3,(H2,24,25,26). The van der Waals surface area contributed by atoms with Crippen LogP contribution < -0.4 is 15.4 Å². The molecule has 0 aliphatic heterocycles. The van der Waals surface area contributed by atoms with E-state index in [0.29, 0.717) is 25.7 Å². The normalized spacial score (nSPS) is 12.8. The van der Waals surface area contributed by atoms with Crippen LogP contribution in [0.2, 0.25) is 0 Å². The van der Waals surface area contributed by atoms with Gasteiger partial charge in [0.25, 0.3) is 0 Å². The Morgan fingerprint density at radius 2 is 2.09 bits per heavy atom. The number of hydrogen-bond acceptors (Lipinski definition) is 6. The first kappa shape index (κ1) is 23.6. The summed E-state index contributed by atoms with van der Waals surface area (Å²) < 4.78 is 19.2. The predicted molar refractivity (Wildman–Crippen MR) is 125 cm³/mol. The van der Waals surface area contributed by atoms with E-state index in [1.807, 2.05) is 63.6 Å². The highest BCUT2D eigenvalue weighted by molar-refractivity contribution is 5.84. The van der Waals surface area contributed by atoms with Crippen molar-refractivity contribution in [3.63, 3.8) is 0 Å². The second kappa shape index (κ2) is 11.5. The lowest BCUT2D eigenvalue weighted by molar-refractivity contribution is 0.145. The van der Waals surface area contributed by atoms with Crippen LogP contribution in [0.5, 0.6) is 5.75 Å². The summed E-state index contributed by atoms with van der Waals surface area (Å²) in [6.07, 6.45) is 0.883. The first-order valence-corrected chi connectivity index (χ1v) is 11.2. The zero-order valence-electron chi connectivity index (χ0n) is 19.6. The number of fused-ring (bicyclic) bond motifs is 1. The van der Waals surface area contributed by atoms with Gasteiger partial charge in [-0.15, -0.1) is 10.2 Å². The summed E-state index contributed by atoms with van der Waals surface area (Å²) in [4.78, 5) is 4.72. The van der Waals surface area contributed by atoms with Crippen molar-refractivity contribution in [1.29, 1.82) is 0 Å². The predicted octanol–water partition coefficient (Wildman–Crippen LogP) is 3.49. The number of nitrogens with zero attached hydrogens (tertiary/aromatic N) is 4. The van der Waals surface area contributed by atoms with E-state index in [4.69, 9.17) is 18.9 Å². The maximum absolute atomic E-state index is 6.14. The lowest BCUT2D eigenvalue weighted by atomic mass is 10.2. The maximum atomic E-state index is 6.14. The second-order valence-electron chi connectivity index (χ2n) is 7.49. The molecule has 2 aromatic heterocycles. The third-order valence-corrected chi connectivity index (χ3v) is 5.13. The Labute approximate surface area is 189 Å². The molecule has 0 fully saturated rings. The Kier molecular flexibility index (Phi) is 8.49. The maximum Gasteiger partial charge on any atom is 0.192 e. The fourth-order valence-corrected chi connectivity index (χ4v) is 3.23. The quantitative estimate of drug-likeness (QED) is 0.266. The van der Waals surface area contributed by atoms with Gasteiger partial charge in [0.1, 0.15) is 18.1 Å². The fourth-order valence-electron chi connectivity index (χ4n) is 3.23. The Morgan fingerprint density at radius 1 is 1.25 bits per heavy atom. The molecule has 0 saturated carbocycles. The second-order valence-corrected chi connectivity index (χ2v) is 7.49. The van der Waals surface area contributed by atoms with Gasteiger partial charge in [0.15, 0.2) is 23.1 Å². The van der Waals surface area contributed by atoms with Crippen molar-refractivity contribution >= 4 is 16.9 Å². The monoisotopic (exact) mass is 442 g/mol. The molecule has 3 aromatic rings. The highest BCUT2D eigenvalue weighted by atomic mass is 16.5. The molecule has 0 radical (unpaired) electrons. The number of para-hydroxylation sites is 1. The van der Waals surface area contributed by atoms with Gasteiger partial charge in [-0.25, -0.2) is 4.99 Å².